The molecule has 0 unspecified atom stereocenters. The number of carbonyl (C=O) groups excluding carboxylic acids is 1. The zero-order valence-electron chi connectivity index (χ0n) is 14.3. The van der Waals surface area contributed by atoms with Crippen molar-refractivity contribution in [3.8, 4) is 0 Å². The lowest BCUT2D eigenvalue weighted by atomic mass is 10.1. The Morgan fingerprint density at radius 2 is 2.08 bits per heavy atom. The average molecular weight is 345 g/mol. The van der Waals surface area contributed by atoms with E-state index in [1.807, 2.05) is 42.8 Å². The number of carbonyl (C=O) groups is 1. The fraction of sp³-hybridized carbons (Fsp3) is 0.412. The fourth-order valence-electron chi connectivity index (χ4n) is 2.00. The first-order valence-corrected chi connectivity index (χ1v) is 8.98. The van der Waals surface area contributed by atoms with Crippen LogP contribution in [0.5, 0.6) is 0 Å². The Balaban J connectivity index is 1.86. The summed E-state index contributed by atoms with van der Waals surface area (Å²) in [5.74, 6) is 0.598. The van der Waals surface area contributed by atoms with E-state index < -0.39 is 0 Å². The smallest absolute Gasteiger partial charge is 0.271 e. The predicted molar refractivity (Wildman–Crippen MR) is 97.1 cm³/mol. The number of aromatic nitrogens is 3. The molecule has 0 fully saturated rings. The zero-order chi connectivity index (χ0) is 17.4. The maximum absolute atomic E-state index is 12.1. The normalized spacial score (nSPS) is 11.5. The van der Waals surface area contributed by atoms with Crippen LogP contribution in [0.1, 0.15) is 49.0 Å². The number of rotatable bonds is 8. The summed E-state index contributed by atoms with van der Waals surface area (Å²) in [6, 6.07) is 7.54. The number of thioether (sulfide) groups is 1. The van der Waals surface area contributed by atoms with Gasteiger partial charge in [-0.1, -0.05) is 37.2 Å². The second kappa shape index (κ2) is 9.22. The third-order valence-electron chi connectivity index (χ3n) is 3.49. The van der Waals surface area contributed by atoms with E-state index in [0.717, 1.165) is 41.4 Å². The molecule has 0 aliphatic rings. The number of benzene rings is 1. The maximum Gasteiger partial charge on any atom is 0.271 e. The van der Waals surface area contributed by atoms with E-state index in [2.05, 4.69) is 27.6 Å². The highest BCUT2D eigenvalue weighted by Gasteiger charge is 2.06. The molecule has 1 aromatic carbocycles. The minimum Gasteiger partial charge on any atom is -0.312 e. The minimum atomic E-state index is -0.182. The van der Waals surface area contributed by atoms with E-state index in [9.17, 15) is 4.79 Å². The molecule has 0 radical (unpaired) electrons. The summed E-state index contributed by atoms with van der Waals surface area (Å²) in [5.41, 5.74) is 5.29. The van der Waals surface area contributed by atoms with Crippen LogP contribution in [0, 0.1) is 0 Å². The number of hydrogen-bond acceptors (Lipinski definition) is 5. The van der Waals surface area contributed by atoms with Crippen LogP contribution in [0.25, 0.3) is 0 Å². The van der Waals surface area contributed by atoms with Crippen molar-refractivity contribution < 1.29 is 4.79 Å². The molecule has 24 heavy (non-hydrogen) atoms. The van der Waals surface area contributed by atoms with Crippen molar-refractivity contribution in [2.45, 2.75) is 44.0 Å². The van der Waals surface area contributed by atoms with Gasteiger partial charge < -0.3 is 4.57 Å². The van der Waals surface area contributed by atoms with Gasteiger partial charge in [0, 0.05) is 24.1 Å². The fourth-order valence-corrected chi connectivity index (χ4v) is 2.85. The first-order valence-electron chi connectivity index (χ1n) is 7.99. The summed E-state index contributed by atoms with van der Waals surface area (Å²) >= 11 is 1.61. The Kier molecular flexibility index (Phi) is 6.99. The second-order valence-corrected chi connectivity index (χ2v) is 6.54. The van der Waals surface area contributed by atoms with E-state index in [4.69, 9.17) is 0 Å². The Hall–Kier alpha value is -2.15. The van der Waals surface area contributed by atoms with Gasteiger partial charge in [0.05, 0.1) is 0 Å². The van der Waals surface area contributed by atoms with Crippen LogP contribution in [0.15, 0.2) is 40.9 Å². The van der Waals surface area contributed by atoms with E-state index in [-0.39, 0.29) is 5.91 Å². The highest BCUT2D eigenvalue weighted by molar-refractivity contribution is 7.98. The molecule has 1 amide bonds. The highest BCUT2D eigenvalue weighted by Crippen LogP contribution is 2.20. The van der Waals surface area contributed by atoms with Crippen LogP contribution in [0.4, 0.5) is 0 Å². The molecule has 0 atom stereocenters. The Bertz CT molecular complexity index is 693. The predicted octanol–water partition coefficient (Wildman–Crippen LogP) is 3.40. The van der Waals surface area contributed by atoms with Crippen molar-refractivity contribution in [3.05, 3.63) is 41.7 Å². The van der Waals surface area contributed by atoms with E-state index >= 15 is 0 Å². The first-order chi connectivity index (χ1) is 11.6. The SMILES string of the molecule is CCCC/C(C)=N\NC(=O)c1ccc(CSc2nncn2C)cc1. The highest BCUT2D eigenvalue weighted by atomic mass is 32.2. The van der Waals surface area contributed by atoms with Crippen molar-refractivity contribution in [1.29, 1.82) is 0 Å². The molecule has 2 rings (SSSR count). The largest absolute Gasteiger partial charge is 0.312 e. The Labute approximate surface area is 146 Å². The van der Waals surface area contributed by atoms with Crippen LogP contribution in [-0.2, 0) is 12.8 Å². The summed E-state index contributed by atoms with van der Waals surface area (Å²) in [6.07, 6.45) is 4.80. The molecular formula is C17H23N5OS. The van der Waals surface area contributed by atoms with E-state index in [0.29, 0.717) is 5.56 Å². The van der Waals surface area contributed by atoms with Gasteiger partial charge in [-0.3, -0.25) is 4.79 Å². The molecule has 0 aliphatic heterocycles. The summed E-state index contributed by atoms with van der Waals surface area (Å²) in [5, 5.41) is 12.9. The van der Waals surface area contributed by atoms with Crippen LogP contribution in [0.3, 0.4) is 0 Å². The molecule has 2 aromatic rings. The number of hydrazone groups is 1. The number of aryl methyl sites for hydroxylation is 1. The Morgan fingerprint density at radius 3 is 2.71 bits per heavy atom. The maximum atomic E-state index is 12.1. The molecule has 1 aromatic heterocycles. The van der Waals surface area contributed by atoms with Gasteiger partial charge in [-0.15, -0.1) is 10.2 Å². The zero-order valence-corrected chi connectivity index (χ0v) is 15.1. The lowest BCUT2D eigenvalue weighted by molar-refractivity contribution is 0.0954. The quantitative estimate of drug-likeness (QED) is 0.452. The summed E-state index contributed by atoms with van der Waals surface area (Å²) in [4.78, 5) is 12.1. The third-order valence-corrected chi connectivity index (χ3v) is 4.60. The summed E-state index contributed by atoms with van der Waals surface area (Å²) in [6.45, 7) is 4.07. The third kappa shape index (κ3) is 5.49. The molecular weight excluding hydrogens is 322 g/mol. The van der Waals surface area contributed by atoms with Crippen LogP contribution in [-0.4, -0.2) is 26.4 Å². The van der Waals surface area contributed by atoms with Crippen molar-refractivity contribution in [3.63, 3.8) is 0 Å². The molecule has 1 N–H and O–H groups in total. The van der Waals surface area contributed by atoms with E-state index in [1.165, 1.54) is 0 Å². The van der Waals surface area contributed by atoms with Gasteiger partial charge in [0.25, 0.3) is 5.91 Å². The molecule has 1 heterocycles. The lowest BCUT2D eigenvalue weighted by Crippen LogP contribution is -2.19. The van der Waals surface area contributed by atoms with Gasteiger partial charge in [-0.2, -0.15) is 5.10 Å². The molecule has 0 saturated carbocycles. The molecule has 6 nitrogen and oxygen atoms in total. The standard InChI is InChI=1S/C17H23N5OS/c1-4-5-6-13(2)19-20-16(23)15-9-7-14(8-10-15)11-24-17-21-18-12-22(17)3/h7-10,12H,4-6,11H2,1-3H3,(H,20,23)/b19-13-. The average Bonchev–Trinajstić information content (AvgIpc) is 3.01. The van der Waals surface area contributed by atoms with Crippen LogP contribution >= 0.6 is 11.8 Å². The molecule has 128 valence electrons. The van der Waals surface area contributed by atoms with Gasteiger partial charge in [-0.05, 0) is 37.5 Å². The summed E-state index contributed by atoms with van der Waals surface area (Å²) < 4.78 is 1.88. The molecule has 0 aliphatic carbocycles. The number of hydrogen-bond donors (Lipinski definition) is 1. The number of nitrogens with one attached hydrogen (secondary N) is 1. The number of amides is 1. The molecule has 7 heteroatoms. The topological polar surface area (TPSA) is 72.2 Å². The van der Waals surface area contributed by atoms with Gasteiger partial charge >= 0.3 is 0 Å². The van der Waals surface area contributed by atoms with Gasteiger partial charge in [0.15, 0.2) is 5.16 Å². The van der Waals surface area contributed by atoms with Crippen molar-refractivity contribution >= 4 is 23.4 Å². The van der Waals surface area contributed by atoms with E-state index in [1.54, 1.807) is 18.1 Å². The van der Waals surface area contributed by atoms with Crippen LogP contribution < -0.4 is 5.43 Å². The van der Waals surface area contributed by atoms with Gasteiger partial charge in [0.2, 0.25) is 0 Å². The minimum absolute atomic E-state index is 0.182. The summed E-state index contributed by atoms with van der Waals surface area (Å²) in [7, 11) is 1.92. The van der Waals surface area contributed by atoms with Crippen molar-refractivity contribution in [2.24, 2.45) is 12.1 Å². The number of unbranched alkanes of at least 4 members (excludes halogenated alkanes) is 1. The molecule has 0 spiro atoms. The Morgan fingerprint density at radius 1 is 1.33 bits per heavy atom. The first kappa shape index (κ1) is 18.2. The second-order valence-electron chi connectivity index (χ2n) is 5.60. The van der Waals surface area contributed by atoms with Gasteiger partial charge in [0.1, 0.15) is 6.33 Å². The number of nitrogens with zero attached hydrogens (tertiary/aromatic N) is 4. The van der Waals surface area contributed by atoms with Crippen molar-refractivity contribution in [2.75, 3.05) is 0 Å². The molecule has 0 saturated heterocycles. The van der Waals surface area contributed by atoms with Crippen molar-refractivity contribution in [1.82, 2.24) is 20.2 Å². The monoisotopic (exact) mass is 345 g/mol. The van der Waals surface area contributed by atoms with Gasteiger partial charge in [-0.25, -0.2) is 5.43 Å². The van der Waals surface area contributed by atoms with Crippen LogP contribution in [0.2, 0.25) is 0 Å². The lowest BCUT2D eigenvalue weighted by Gasteiger charge is -2.04. The molecule has 0 bridgehead atoms.